The maximum absolute atomic E-state index is 5.89. The van der Waals surface area contributed by atoms with E-state index in [0.29, 0.717) is 0 Å². The summed E-state index contributed by atoms with van der Waals surface area (Å²) < 4.78 is 0. The highest BCUT2D eigenvalue weighted by Crippen LogP contribution is 2.26. The first-order valence-corrected chi connectivity index (χ1v) is 6.54. The van der Waals surface area contributed by atoms with Gasteiger partial charge in [0.25, 0.3) is 0 Å². The first-order chi connectivity index (χ1) is 8.20. The highest BCUT2D eigenvalue weighted by Gasteiger charge is 2.26. The van der Waals surface area contributed by atoms with Crippen molar-refractivity contribution in [3.63, 3.8) is 0 Å². The number of hydrogen-bond acceptors (Lipinski definition) is 3. The SMILES string of the molecule is CCN(CCNc1ccc(C)c(N)c1)C1CC1. The molecule has 0 amide bonds. The van der Waals surface area contributed by atoms with Gasteiger partial charge in [-0.3, -0.25) is 4.90 Å². The van der Waals surface area contributed by atoms with Crippen LogP contribution in [-0.2, 0) is 0 Å². The fourth-order valence-electron chi connectivity index (χ4n) is 2.13. The second-order valence-corrected chi connectivity index (χ2v) is 4.86. The van der Waals surface area contributed by atoms with E-state index in [4.69, 9.17) is 5.73 Å². The molecular weight excluding hydrogens is 210 g/mol. The largest absolute Gasteiger partial charge is 0.398 e. The monoisotopic (exact) mass is 233 g/mol. The van der Waals surface area contributed by atoms with Crippen LogP contribution in [0.2, 0.25) is 0 Å². The molecule has 0 heterocycles. The van der Waals surface area contributed by atoms with Crippen LogP contribution in [0.25, 0.3) is 0 Å². The zero-order valence-corrected chi connectivity index (χ0v) is 10.9. The number of nitrogens with zero attached hydrogens (tertiary/aromatic N) is 1. The van der Waals surface area contributed by atoms with Crippen molar-refractivity contribution in [3.8, 4) is 0 Å². The first kappa shape index (κ1) is 12.2. The molecule has 3 N–H and O–H groups in total. The minimum Gasteiger partial charge on any atom is -0.398 e. The van der Waals surface area contributed by atoms with Crippen molar-refractivity contribution >= 4 is 11.4 Å². The third kappa shape index (κ3) is 3.37. The highest BCUT2D eigenvalue weighted by atomic mass is 15.2. The molecule has 2 rings (SSSR count). The molecule has 94 valence electrons. The lowest BCUT2D eigenvalue weighted by Crippen LogP contribution is -2.30. The molecule has 1 aliphatic rings. The van der Waals surface area contributed by atoms with Crippen molar-refractivity contribution in [2.45, 2.75) is 32.7 Å². The number of likely N-dealkylation sites (N-methyl/N-ethyl adjacent to an activating group) is 1. The number of aryl methyl sites for hydroxylation is 1. The van der Waals surface area contributed by atoms with E-state index in [2.05, 4.69) is 29.3 Å². The predicted octanol–water partition coefficient (Wildman–Crippen LogP) is 2.47. The van der Waals surface area contributed by atoms with E-state index in [9.17, 15) is 0 Å². The van der Waals surface area contributed by atoms with Gasteiger partial charge in [0.05, 0.1) is 0 Å². The quantitative estimate of drug-likeness (QED) is 0.742. The smallest absolute Gasteiger partial charge is 0.0364 e. The lowest BCUT2D eigenvalue weighted by atomic mass is 10.2. The van der Waals surface area contributed by atoms with Crippen LogP contribution in [0.15, 0.2) is 18.2 Å². The van der Waals surface area contributed by atoms with Gasteiger partial charge in [-0.15, -0.1) is 0 Å². The molecule has 0 radical (unpaired) electrons. The summed E-state index contributed by atoms with van der Waals surface area (Å²) in [6.07, 6.45) is 2.76. The molecule has 1 fully saturated rings. The molecule has 1 aliphatic carbocycles. The normalized spacial score (nSPS) is 15.2. The van der Waals surface area contributed by atoms with Gasteiger partial charge in [-0.25, -0.2) is 0 Å². The highest BCUT2D eigenvalue weighted by molar-refractivity contribution is 5.58. The topological polar surface area (TPSA) is 41.3 Å². The van der Waals surface area contributed by atoms with E-state index in [0.717, 1.165) is 42.6 Å². The zero-order chi connectivity index (χ0) is 12.3. The molecule has 3 nitrogen and oxygen atoms in total. The second-order valence-electron chi connectivity index (χ2n) is 4.86. The van der Waals surface area contributed by atoms with Crippen LogP contribution in [0.3, 0.4) is 0 Å². The molecule has 1 saturated carbocycles. The van der Waals surface area contributed by atoms with E-state index >= 15 is 0 Å². The number of rotatable bonds is 6. The van der Waals surface area contributed by atoms with Gasteiger partial charge < -0.3 is 11.1 Å². The predicted molar refractivity (Wildman–Crippen MR) is 74.4 cm³/mol. The fraction of sp³-hybridized carbons (Fsp3) is 0.571. The lowest BCUT2D eigenvalue weighted by Gasteiger charge is -2.20. The molecule has 0 saturated heterocycles. The van der Waals surface area contributed by atoms with Crippen molar-refractivity contribution in [2.75, 3.05) is 30.7 Å². The molecule has 0 spiro atoms. The van der Waals surface area contributed by atoms with E-state index < -0.39 is 0 Å². The van der Waals surface area contributed by atoms with E-state index in [1.807, 2.05) is 13.0 Å². The third-order valence-electron chi connectivity index (χ3n) is 3.48. The van der Waals surface area contributed by atoms with Gasteiger partial charge in [0.15, 0.2) is 0 Å². The van der Waals surface area contributed by atoms with Gasteiger partial charge in [-0.05, 0) is 44.0 Å². The van der Waals surface area contributed by atoms with Crippen molar-refractivity contribution in [2.24, 2.45) is 0 Å². The number of nitrogens with two attached hydrogens (primary N) is 1. The maximum atomic E-state index is 5.89. The standard InChI is InChI=1S/C14H23N3/c1-3-17(13-6-7-13)9-8-16-12-5-4-11(2)14(15)10-12/h4-5,10,13,16H,3,6-9,15H2,1-2H3. The molecule has 0 aromatic heterocycles. The van der Waals surface area contributed by atoms with Crippen molar-refractivity contribution in [3.05, 3.63) is 23.8 Å². The van der Waals surface area contributed by atoms with Crippen molar-refractivity contribution in [1.29, 1.82) is 0 Å². The summed E-state index contributed by atoms with van der Waals surface area (Å²) in [5.41, 5.74) is 9.02. The third-order valence-corrected chi connectivity index (χ3v) is 3.48. The molecule has 17 heavy (non-hydrogen) atoms. The van der Waals surface area contributed by atoms with Crippen LogP contribution in [0.4, 0.5) is 11.4 Å². The van der Waals surface area contributed by atoms with Gasteiger partial charge in [0.2, 0.25) is 0 Å². The fourth-order valence-corrected chi connectivity index (χ4v) is 2.13. The molecular formula is C14H23N3. The second kappa shape index (κ2) is 5.41. The Morgan fingerprint density at radius 2 is 2.18 bits per heavy atom. The van der Waals surface area contributed by atoms with E-state index in [1.165, 1.54) is 12.8 Å². The Labute approximate surface area is 104 Å². The molecule has 0 atom stereocenters. The molecule has 3 heteroatoms. The molecule has 0 unspecified atom stereocenters. The summed E-state index contributed by atoms with van der Waals surface area (Å²) in [6, 6.07) is 7.03. The van der Waals surface area contributed by atoms with Gasteiger partial charge >= 0.3 is 0 Å². The van der Waals surface area contributed by atoms with Gasteiger partial charge in [-0.2, -0.15) is 0 Å². The van der Waals surface area contributed by atoms with Gasteiger partial charge in [-0.1, -0.05) is 13.0 Å². The summed E-state index contributed by atoms with van der Waals surface area (Å²) in [5, 5.41) is 3.44. The molecule has 1 aromatic rings. The number of nitrogen functional groups attached to an aromatic ring is 1. The summed E-state index contributed by atoms with van der Waals surface area (Å²) in [7, 11) is 0. The Morgan fingerprint density at radius 3 is 2.76 bits per heavy atom. The summed E-state index contributed by atoms with van der Waals surface area (Å²) in [6.45, 7) is 7.54. The number of anilines is 2. The Kier molecular flexibility index (Phi) is 3.89. The molecule has 0 aliphatic heterocycles. The Bertz CT molecular complexity index is 372. The Morgan fingerprint density at radius 1 is 1.41 bits per heavy atom. The average Bonchev–Trinajstić information content (AvgIpc) is 3.13. The Balaban J connectivity index is 1.78. The summed E-state index contributed by atoms with van der Waals surface area (Å²) in [4.78, 5) is 2.55. The van der Waals surface area contributed by atoms with E-state index in [1.54, 1.807) is 0 Å². The van der Waals surface area contributed by atoms with Crippen LogP contribution < -0.4 is 11.1 Å². The number of hydrogen-bond donors (Lipinski definition) is 2. The van der Waals surface area contributed by atoms with Crippen LogP contribution >= 0.6 is 0 Å². The van der Waals surface area contributed by atoms with Crippen LogP contribution in [0, 0.1) is 6.92 Å². The first-order valence-electron chi connectivity index (χ1n) is 6.54. The van der Waals surface area contributed by atoms with Crippen molar-refractivity contribution < 1.29 is 0 Å². The van der Waals surface area contributed by atoms with Crippen molar-refractivity contribution in [1.82, 2.24) is 4.90 Å². The van der Waals surface area contributed by atoms with Gasteiger partial charge in [0, 0.05) is 30.5 Å². The van der Waals surface area contributed by atoms with E-state index in [-0.39, 0.29) is 0 Å². The lowest BCUT2D eigenvalue weighted by molar-refractivity contribution is 0.289. The minimum atomic E-state index is 0.852. The number of nitrogens with one attached hydrogen (secondary N) is 1. The van der Waals surface area contributed by atoms with Gasteiger partial charge in [0.1, 0.15) is 0 Å². The van der Waals surface area contributed by atoms with Crippen LogP contribution in [-0.4, -0.2) is 30.6 Å². The molecule has 1 aromatic carbocycles. The number of benzene rings is 1. The Hall–Kier alpha value is -1.22. The summed E-state index contributed by atoms with van der Waals surface area (Å²) >= 11 is 0. The summed E-state index contributed by atoms with van der Waals surface area (Å²) in [5.74, 6) is 0. The van der Waals surface area contributed by atoms with Crippen LogP contribution in [0.5, 0.6) is 0 Å². The average molecular weight is 233 g/mol. The minimum absolute atomic E-state index is 0.852. The maximum Gasteiger partial charge on any atom is 0.0364 e. The zero-order valence-electron chi connectivity index (χ0n) is 10.9. The van der Waals surface area contributed by atoms with Crippen LogP contribution in [0.1, 0.15) is 25.3 Å². The molecule has 0 bridgehead atoms.